The summed E-state index contributed by atoms with van der Waals surface area (Å²) in [5.41, 5.74) is 1.68. The summed E-state index contributed by atoms with van der Waals surface area (Å²) in [7, 11) is 0. The summed E-state index contributed by atoms with van der Waals surface area (Å²) in [6.45, 7) is 7.61. The number of fused-ring (bicyclic) bond motifs is 1. The molecule has 1 aliphatic rings. The number of nitrogens with zero attached hydrogens (tertiary/aromatic N) is 1. The number of carbonyl (C=O) groups is 2. The predicted molar refractivity (Wildman–Crippen MR) is 92.4 cm³/mol. The topological polar surface area (TPSA) is 67.9 Å². The Labute approximate surface area is 143 Å². The Morgan fingerprint density at radius 3 is 2.88 bits per heavy atom. The molecule has 132 valence electrons. The summed E-state index contributed by atoms with van der Waals surface area (Å²) in [5.74, 6) is 0.306. The van der Waals surface area contributed by atoms with Gasteiger partial charge in [-0.05, 0) is 44.4 Å². The molecule has 0 aromatic heterocycles. The molecule has 1 aromatic rings. The van der Waals surface area contributed by atoms with Crippen LogP contribution in [0.25, 0.3) is 0 Å². The standard InChI is InChI=1S/C18H26N2O4/c1-4-15-18(22)20(12-17(21)19-9-6-10-23-5-2)14-11-13(3)7-8-16(14)24-15/h7-8,11,15H,4-6,9-10,12H2,1-3H3,(H,19,21)/t15-/m1/s1. The van der Waals surface area contributed by atoms with Crippen molar-refractivity contribution < 1.29 is 19.1 Å². The summed E-state index contributed by atoms with van der Waals surface area (Å²) in [6.07, 6.45) is 0.786. The molecule has 0 aliphatic carbocycles. The van der Waals surface area contributed by atoms with Crippen LogP contribution in [0.2, 0.25) is 0 Å². The fraction of sp³-hybridized carbons (Fsp3) is 0.556. The number of anilines is 1. The number of ether oxygens (including phenoxy) is 2. The maximum absolute atomic E-state index is 12.6. The SMILES string of the molecule is CCOCCCNC(=O)CN1C(=O)[C@@H](CC)Oc2ccc(C)cc21. The average Bonchev–Trinajstić information content (AvgIpc) is 2.57. The minimum Gasteiger partial charge on any atom is -0.478 e. The highest BCUT2D eigenvalue weighted by atomic mass is 16.5. The van der Waals surface area contributed by atoms with E-state index in [4.69, 9.17) is 9.47 Å². The van der Waals surface area contributed by atoms with Crippen molar-refractivity contribution in [3.8, 4) is 5.75 Å². The van der Waals surface area contributed by atoms with Gasteiger partial charge in [0.2, 0.25) is 5.91 Å². The van der Waals surface area contributed by atoms with Crippen LogP contribution in [0.4, 0.5) is 5.69 Å². The zero-order valence-electron chi connectivity index (χ0n) is 14.6. The second-order valence-electron chi connectivity index (χ2n) is 5.81. The van der Waals surface area contributed by atoms with Crippen molar-refractivity contribution in [2.45, 2.75) is 39.7 Å². The van der Waals surface area contributed by atoms with Gasteiger partial charge in [-0.2, -0.15) is 0 Å². The Bertz CT molecular complexity index is 588. The van der Waals surface area contributed by atoms with E-state index in [0.717, 1.165) is 12.0 Å². The predicted octanol–water partition coefficient (Wildman–Crippen LogP) is 2.04. The second-order valence-corrected chi connectivity index (χ2v) is 5.81. The van der Waals surface area contributed by atoms with Crippen molar-refractivity contribution in [2.75, 3.05) is 31.2 Å². The van der Waals surface area contributed by atoms with Crippen molar-refractivity contribution in [3.63, 3.8) is 0 Å². The van der Waals surface area contributed by atoms with E-state index >= 15 is 0 Å². The Balaban J connectivity index is 2.03. The lowest BCUT2D eigenvalue weighted by atomic mass is 10.1. The Kier molecular flexibility index (Phi) is 6.61. The molecule has 1 heterocycles. The van der Waals surface area contributed by atoms with Crippen molar-refractivity contribution in [2.24, 2.45) is 0 Å². The van der Waals surface area contributed by atoms with Crippen molar-refractivity contribution in [3.05, 3.63) is 23.8 Å². The number of aryl methyl sites for hydroxylation is 1. The van der Waals surface area contributed by atoms with Gasteiger partial charge < -0.3 is 14.8 Å². The number of rotatable bonds is 8. The van der Waals surface area contributed by atoms with Crippen LogP contribution in [-0.2, 0) is 14.3 Å². The normalized spacial score (nSPS) is 16.5. The summed E-state index contributed by atoms with van der Waals surface area (Å²) >= 11 is 0. The number of nitrogens with one attached hydrogen (secondary N) is 1. The zero-order valence-corrected chi connectivity index (χ0v) is 14.6. The lowest BCUT2D eigenvalue weighted by molar-refractivity contribution is -0.129. The van der Waals surface area contributed by atoms with Crippen LogP contribution in [-0.4, -0.2) is 44.2 Å². The van der Waals surface area contributed by atoms with Gasteiger partial charge in [0.25, 0.3) is 5.91 Å². The van der Waals surface area contributed by atoms with Crippen molar-refractivity contribution >= 4 is 17.5 Å². The summed E-state index contributed by atoms with van der Waals surface area (Å²) in [6, 6.07) is 5.67. The Hall–Kier alpha value is -2.08. The van der Waals surface area contributed by atoms with Gasteiger partial charge in [-0.3, -0.25) is 14.5 Å². The molecule has 0 saturated heterocycles. The largest absolute Gasteiger partial charge is 0.478 e. The Morgan fingerprint density at radius 2 is 2.17 bits per heavy atom. The van der Waals surface area contributed by atoms with E-state index in [0.29, 0.717) is 37.6 Å². The molecule has 1 aliphatic heterocycles. The molecule has 0 unspecified atom stereocenters. The molecule has 0 radical (unpaired) electrons. The third-order valence-electron chi connectivity index (χ3n) is 3.88. The van der Waals surface area contributed by atoms with E-state index in [-0.39, 0.29) is 18.4 Å². The van der Waals surface area contributed by atoms with Crippen LogP contribution in [0.15, 0.2) is 18.2 Å². The summed E-state index contributed by atoms with van der Waals surface area (Å²) < 4.78 is 11.0. The Morgan fingerprint density at radius 1 is 1.38 bits per heavy atom. The first-order valence-electron chi connectivity index (χ1n) is 8.50. The number of amides is 2. The maximum Gasteiger partial charge on any atom is 0.268 e. The fourth-order valence-electron chi connectivity index (χ4n) is 2.60. The molecule has 1 N–H and O–H groups in total. The first-order chi connectivity index (χ1) is 11.6. The van der Waals surface area contributed by atoms with Gasteiger partial charge in [0.15, 0.2) is 6.10 Å². The van der Waals surface area contributed by atoms with E-state index < -0.39 is 6.10 Å². The lowest BCUT2D eigenvalue weighted by Gasteiger charge is -2.33. The maximum atomic E-state index is 12.6. The van der Waals surface area contributed by atoms with E-state index in [1.54, 1.807) is 0 Å². The molecule has 1 aromatic carbocycles. The third kappa shape index (κ3) is 4.47. The quantitative estimate of drug-likeness (QED) is 0.739. The molecule has 0 fully saturated rings. The molecule has 24 heavy (non-hydrogen) atoms. The van der Waals surface area contributed by atoms with Crippen LogP contribution in [0.5, 0.6) is 5.75 Å². The number of benzene rings is 1. The van der Waals surface area contributed by atoms with Crippen molar-refractivity contribution in [1.29, 1.82) is 0 Å². The monoisotopic (exact) mass is 334 g/mol. The van der Waals surface area contributed by atoms with Gasteiger partial charge in [0.05, 0.1) is 5.69 Å². The van der Waals surface area contributed by atoms with Gasteiger partial charge in [-0.1, -0.05) is 13.0 Å². The molecule has 2 rings (SSSR count). The number of hydrogen-bond donors (Lipinski definition) is 1. The average molecular weight is 334 g/mol. The van der Waals surface area contributed by atoms with Crippen molar-refractivity contribution in [1.82, 2.24) is 5.32 Å². The van der Waals surface area contributed by atoms with Gasteiger partial charge in [0, 0.05) is 19.8 Å². The highest BCUT2D eigenvalue weighted by molar-refractivity contribution is 6.03. The molecule has 2 amide bonds. The van der Waals surface area contributed by atoms with E-state index in [2.05, 4.69) is 5.32 Å². The van der Waals surface area contributed by atoms with Crippen LogP contribution >= 0.6 is 0 Å². The summed E-state index contributed by atoms with van der Waals surface area (Å²) in [5, 5.41) is 2.83. The lowest BCUT2D eigenvalue weighted by Crippen LogP contribution is -2.49. The molecule has 6 heteroatoms. The third-order valence-corrected chi connectivity index (χ3v) is 3.88. The second kappa shape index (κ2) is 8.68. The van der Waals surface area contributed by atoms with E-state index in [9.17, 15) is 9.59 Å². The molecule has 0 saturated carbocycles. The highest BCUT2D eigenvalue weighted by Gasteiger charge is 2.34. The minimum absolute atomic E-state index is 0.00375. The first-order valence-corrected chi connectivity index (χ1v) is 8.50. The minimum atomic E-state index is -0.536. The van der Waals surface area contributed by atoms with Gasteiger partial charge in [-0.15, -0.1) is 0 Å². The van der Waals surface area contributed by atoms with E-state index in [1.165, 1.54) is 4.90 Å². The first kappa shape index (κ1) is 18.3. The van der Waals surface area contributed by atoms with Crippen LogP contribution in [0.1, 0.15) is 32.3 Å². The highest BCUT2D eigenvalue weighted by Crippen LogP contribution is 2.35. The molecule has 0 spiro atoms. The smallest absolute Gasteiger partial charge is 0.268 e. The van der Waals surface area contributed by atoms with Gasteiger partial charge >= 0.3 is 0 Å². The molecule has 0 bridgehead atoms. The van der Waals surface area contributed by atoms with Gasteiger partial charge in [0.1, 0.15) is 12.3 Å². The fourth-order valence-corrected chi connectivity index (χ4v) is 2.60. The number of hydrogen-bond acceptors (Lipinski definition) is 4. The number of carbonyl (C=O) groups excluding carboxylic acids is 2. The zero-order chi connectivity index (χ0) is 17.5. The van der Waals surface area contributed by atoms with Crippen LogP contribution < -0.4 is 15.0 Å². The van der Waals surface area contributed by atoms with E-state index in [1.807, 2.05) is 39.0 Å². The van der Waals surface area contributed by atoms with Crippen LogP contribution in [0.3, 0.4) is 0 Å². The molecular weight excluding hydrogens is 308 g/mol. The van der Waals surface area contributed by atoms with Gasteiger partial charge in [-0.25, -0.2) is 0 Å². The van der Waals surface area contributed by atoms with Crippen LogP contribution in [0, 0.1) is 6.92 Å². The summed E-state index contributed by atoms with van der Waals surface area (Å²) in [4.78, 5) is 26.3. The molecular formula is C18H26N2O4. The molecule has 6 nitrogen and oxygen atoms in total. The molecule has 1 atom stereocenters.